The number of nitrogens with zero attached hydrogens (tertiary/aromatic N) is 3. The van der Waals surface area contributed by atoms with Gasteiger partial charge in [0.05, 0.1) is 26.2 Å². The third-order valence-electron chi connectivity index (χ3n) is 4.47. The van der Waals surface area contributed by atoms with Gasteiger partial charge in [0.25, 0.3) is 0 Å². The normalized spacial score (nSPS) is 14.8. The lowest BCUT2D eigenvalue weighted by atomic mass is 10.2. The fraction of sp³-hybridized carbons (Fsp3) is 0.526. The summed E-state index contributed by atoms with van der Waals surface area (Å²) >= 11 is 2.99. The number of ether oxygens (including phenoxy) is 1. The minimum absolute atomic E-state index is 0.0186. The zero-order valence-corrected chi connectivity index (χ0v) is 17.7. The van der Waals surface area contributed by atoms with Crippen LogP contribution < -0.4 is 5.32 Å². The highest BCUT2D eigenvalue weighted by atomic mass is 32.1. The summed E-state index contributed by atoms with van der Waals surface area (Å²) in [4.78, 5) is 35.4. The predicted octanol–water partition coefficient (Wildman–Crippen LogP) is 2.25. The number of thiophene rings is 1. The molecular weight excluding hydrogens is 396 g/mol. The van der Waals surface area contributed by atoms with Crippen molar-refractivity contribution in [2.24, 2.45) is 0 Å². The number of hydrogen-bond donors (Lipinski definition) is 1. The highest BCUT2D eigenvalue weighted by Gasteiger charge is 2.19. The molecule has 0 saturated carbocycles. The maximum atomic E-state index is 12.8. The number of rotatable bonds is 9. The molecule has 152 valence electrons. The summed E-state index contributed by atoms with van der Waals surface area (Å²) < 4.78 is 5.37. The lowest BCUT2D eigenvalue weighted by Gasteiger charge is -2.28. The zero-order chi connectivity index (χ0) is 19.8. The number of carbonyl (C=O) groups is 2. The van der Waals surface area contributed by atoms with Gasteiger partial charge < -0.3 is 15.0 Å². The lowest BCUT2D eigenvalue weighted by Crippen LogP contribution is -2.42. The standard InChI is InChI=1S/C19H26N4O3S2/c1-15-13-20-19(28-15)21-17(24)14-23(18(25)12-16-4-2-11-27-16)6-3-5-22-7-9-26-10-8-22/h2,4,11,13H,3,5-10,12,14H2,1H3,(H,20,21,24). The van der Waals surface area contributed by atoms with Gasteiger partial charge >= 0.3 is 0 Å². The van der Waals surface area contributed by atoms with Crippen LogP contribution in [0.3, 0.4) is 0 Å². The molecule has 0 radical (unpaired) electrons. The Morgan fingerprint density at radius 2 is 2.18 bits per heavy atom. The average molecular weight is 423 g/mol. The van der Waals surface area contributed by atoms with Crippen LogP contribution in [0.1, 0.15) is 16.2 Å². The molecule has 0 unspecified atom stereocenters. The Morgan fingerprint density at radius 1 is 1.36 bits per heavy atom. The summed E-state index contributed by atoms with van der Waals surface area (Å²) in [5.74, 6) is -0.227. The van der Waals surface area contributed by atoms with Crippen LogP contribution in [0, 0.1) is 6.92 Å². The smallest absolute Gasteiger partial charge is 0.245 e. The van der Waals surface area contributed by atoms with Crippen LogP contribution in [0.2, 0.25) is 0 Å². The van der Waals surface area contributed by atoms with Crippen LogP contribution in [-0.4, -0.2) is 72.5 Å². The molecule has 1 saturated heterocycles. The third kappa shape index (κ3) is 6.66. The molecule has 28 heavy (non-hydrogen) atoms. The van der Waals surface area contributed by atoms with Crippen molar-refractivity contribution in [1.82, 2.24) is 14.8 Å². The molecule has 1 aliphatic heterocycles. The van der Waals surface area contributed by atoms with E-state index in [1.807, 2.05) is 24.4 Å². The van der Waals surface area contributed by atoms with E-state index in [4.69, 9.17) is 4.74 Å². The second-order valence-corrected chi connectivity index (χ2v) is 8.97. The van der Waals surface area contributed by atoms with Crippen molar-refractivity contribution >= 4 is 39.6 Å². The predicted molar refractivity (Wildman–Crippen MR) is 112 cm³/mol. The first kappa shape index (κ1) is 20.9. The summed E-state index contributed by atoms with van der Waals surface area (Å²) in [7, 11) is 0. The minimum Gasteiger partial charge on any atom is -0.379 e. The minimum atomic E-state index is -0.208. The van der Waals surface area contributed by atoms with Gasteiger partial charge in [0.1, 0.15) is 0 Å². The number of anilines is 1. The van der Waals surface area contributed by atoms with E-state index >= 15 is 0 Å². The van der Waals surface area contributed by atoms with Gasteiger partial charge in [0, 0.05) is 42.1 Å². The van der Waals surface area contributed by atoms with Gasteiger partial charge in [-0.05, 0) is 24.8 Å². The Hall–Kier alpha value is -1.81. The highest BCUT2D eigenvalue weighted by Crippen LogP contribution is 2.16. The number of carbonyl (C=O) groups excluding carboxylic acids is 2. The molecule has 0 aromatic carbocycles. The van der Waals surface area contributed by atoms with E-state index in [0.717, 1.165) is 49.0 Å². The van der Waals surface area contributed by atoms with Crippen LogP contribution in [0.4, 0.5) is 5.13 Å². The molecule has 0 atom stereocenters. The SMILES string of the molecule is Cc1cnc(NC(=O)CN(CCCN2CCOCC2)C(=O)Cc2cccs2)s1. The van der Waals surface area contributed by atoms with Gasteiger partial charge in [-0.2, -0.15) is 0 Å². The molecule has 3 rings (SSSR count). The molecule has 7 nitrogen and oxygen atoms in total. The molecule has 2 amide bonds. The van der Waals surface area contributed by atoms with Crippen LogP contribution in [-0.2, 0) is 20.7 Å². The summed E-state index contributed by atoms with van der Waals surface area (Å²) in [5, 5.41) is 5.33. The van der Waals surface area contributed by atoms with E-state index in [9.17, 15) is 9.59 Å². The fourth-order valence-corrected chi connectivity index (χ4v) is 4.40. The molecule has 1 N–H and O–H groups in total. The highest BCUT2D eigenvalue weighted by molar-refractivity contribution is 7.15. The van der Waals surface area contributed by atoms with Crippen molar-refractivity contribution in [3.8, 4) is 0 Å². The number of nitrogens with one attached hydrogen (secondary N) is 1. The summed E-state index contributed by atoms with van der Waals surface area (Å²) in [6, 6.07) is 3.89. The molecule has 0 spiro atoms. The maximum absolute atomic E-state index is 12.8. The van der Waals surface area contributed by atoms with Gasteiger partial charge in [-0.3, -0.25) is 14.5 Å². The van der Waals surface area contributed by atoms with Crippen molar-refractivity contribution in [1.29, 1.82) is 0 Å². The molecular formula is C19H26N4O3S2. The number of thiazole rings is 1. The van der Waals surface area contributed by atoms with Gasteiger partial charge in [0.2, 0.25) is 11.8 Å². The second kappa shape index (κ2) is 10.7. The number of amides is 2. The molecule has 1 fully saturated rings. The van der Waals surface area contributed by atoms with Crippen LogP contribution in [0.15, 0.2) is 23.7 Å². The largest absolute Gasteiger partial charge is 0.379 e. The maximum Gasteiger partial charge on any atom is 0.245 e. The molecule has 2 aromatic rings. The summed E-state index contributed by atoms with van der Waals surface area (Å²) in [6.07, 6.45) is 2.89. The molecule has 9 heteroatoms. The van der Waals surface area contributed by atoms with Crippen LogP contribution in [0.5, 0.6) is 0 Å². The van der Waals surface area contributed by atoms with E-state index < -0.39 is 0 Å². The van der Waals surface area contributed by atoms with E-state index in [0.29, 0.717) is 18.1 Å². The Kier molecular flexibility index (Phi) is 7.96. The molecule has 0 bridgehead atoms. The topological polar surface area (TPSA) is 74.8 Å². The Labute approximate surface area is 173 Å². The number of aryl methyl sites for hydroxylation is 1. The third-order valence-corrected chi connectivity index (χ3v) is 6.17. The quantitative estimate of drug-likeness (QED) is 0.671. The first-order valence-corrected chi connectivity index (χ1v) is 11.1. The average Bonchev–Trinajstić information content (AvgIpc) is 3.33. The van der Waals surface area contributed by atoms with Crippen molar-refractivity contribution in [3.63, 3.8) is 0 Å². The Bertz CT molecular complexity index is 757. The van der Waals surface area contributed by atoms with Crippen molar-refractivity contribution in [3.05, 3.63) is 33.5 Å². The zero-order valence-electron chi connectivity index (χ0n) is 16.1. The van der Waals surface area contributed by atoms with E-state index in [1.165, 1.54) is 11.3 Å². The molecule has 0 aliphatic carbocycles. The summed E-state index contributed by atoms with van der Waals surface area (Å²) in [5.41, 5.74) is 0. The van der Waals surface area contributed by atoms with Crippen molar-refractivity contribution in [2.45, 2.75) is 19.8 Å². The van der Waals surface area contributed by atoms with E-state index in [1.54, 1.807) is 22.4 Å². The molecule has 3 heterocycles. The van der Waals surface area contributed by atoms with Crippen LogP contribution in [0.25, 0.3) is 0 Å². The van der Waals surface area contributed by atoms with Crippen molar-refractivity contribution < 1.29 is 14.3 Å². The Morgan fingerprint density at radius 3 is 2.86 bits per heavy atom. The van der Waals surface area contributed by atoms with Gasteiger partial charge in [-0.25, -0.2) is 4.98 Å². The lowest BCUT2D eigenvalue weighted by molar-refractivity contribution is -0.134. The summed E-state index contributed by atoms with van der Waals surface area (Å²) in [6.45, 7) is 6.82. The monoisotopic (exact) mass is 422 g/mol. The van der Waals surface area contributed by atoms with E-state index in [2.05, 4.69) is 15.2 Å². The first-order chi connectivity index (χ1) is 13.6. The van der Waals surface area contributed by atoms with Gasteiger partial charge in [-0.15, -0.1) is 22.7 Å². The molecule has 1 aliphatic rings. The number of hydrogen-bond acceptors (Lipinski definition) is 7. The number of morpholine rings is 1. The number of aromatic nitrogens is 1. The Balaban J connectivity index is 1.54. The fourth-order valence-electron chi connectivity index (χ4n) is 3.02. The first-order valence-electron chi connectivity index (χ1n) is 9.42. The van der Waals surface area contributed by atoms with Gasteiger partial charge in [0.15, 0.2) is 5.13 Å². The van der Waals surface area contributed by atoms with Gasteiger partial charge in [-0.1, -0.05) is 6.07 Å². The van der Waals surface area contributed by atoms with Crippen molar-refractivity contribution in [2.75, 3.05) is 51.3 Å². The van der Waals surface area contributed by atoms with E-state index in [-0.39, 0.29) is 18.4 Å². The second-order valence-electron chi connectivity index (χ2n) is 6.70. The molecule has 2 aromatic heterocycles. The van der Waals surface area contributed by atoms with Crippen LogP contribution >= 0.6 is 22.7 Å².